The molecule has 2 unspecified atom stereocenters. The molecule has 0 spiro atoms. The first-order chi connectivity index (χ1) is 9.54. The molecule has 1 aromatic carbocycles. The van der Waals surface area contributed by atoms with E-state index >= 15 is 0 Å². The van der Waals surface area contributed by atoms with Crippen molar-refractivity contribution < 1.29 is 9.53 Å². The molecule has 1 rings (SSSR count). The van der Waals surface area contributed by atoms with Crippen molar-refractivity contribution in [3.63, 3.8) is 0 Å². The third kappa shape index (κ3) is 5.74. The van der Waals surface area contributed by atoms with Crippen LogP contribution in [0.4, 0.5) is 0 Å². The van der Waals surface area contributed by atoms with Crippen LogP contribution in [0.1, 0.15) is 39.2 Å². The normalized spacial score (nSPS) is 14.1. The molecular weight excluding hydrogens is 250 g/mol. The van der Waals surface area contributed by atoms with E-state index in [0.29, 0.717) is 12.6 Å². The largest absolute Gasteiger partial charge is 0.461 e. The Bertz CT molecular complexity index is 391. The summed E-state index contributed by atoms with van der Waals surface area (Å²) in [6.45, 7) is 7.42. The number of hydrogen-bond donors (Lipinski definition) is 0. The lowest BCUT2D eigenvalue weighted by Gasteiger charge is -2.26. The molecule has 0 saturated heterocycles. The zero-order chi connectivity index (χ0) is 15.0. The van der Waals surface area contributed by atoms with Crippen LogP contribution in [0, 0.1) is 5.92 Å². The molecule has 1 aromatic rings. The third-order valence-electron chi connectivity index (χ3n) is 3.65. The number of benzene rings is 1. The van der Waals surface area contributed by atoms with Crippen molar-refractivity contribution in [2.24, 2.45) is 5.92 Å². The van der Waals surface area contributed by atoms with Crippen LogP contribution >= 0.6 is 0 Å². The van der Waals surface area contributed by atoms with Crippen LogP contribution in [-0.4, -0.2) is 30.5 Å². The minimum Gasteiger partial charge on any atom is -0.461 e. The molecule has 0 aliphatic rings. The van der Waals surface area contributed by atoms with Gasteiger partial charge in [0.2, 0.25) is 0 Å². The molecule has 2 atom stereocenters. The van der Waals surface area contributed by atoms with Gasteiger partial charge in [0.05, 0.1) is 5.92 Å². The van der Waals surface area contributed by atoms with Gasteiger partial charge >= 0.3 is 5.97 Å². The van der Waals surface area contributed by atoms with Crippen molar-refractivity contribution in [2.45, 2.75) is 46.3 Å². The van der Waals surface area contributed by atoms with Crippen molar-refractivity contribution in [2.75, 3.05) is 13.6 Å². The van der Waals surface area contributed by atoms with Gasteiger partial charge in [-0.2, -0.15) is 0 Å². The molecule has 112 valence electrons. The topological polar surface area (TPSA) is 29.5 Å². The fourth-order valence-corrected chi connectivity index (χ4v) is 2.20. The smallest absolute Gasteiger partial charge is 0.310 e. The molecule has 0 bridgehead atoms. The van der Waals surface area contributed by atoms with Gasteiger partial charge in [-0.25, -0.2) is 0 Å². The Morgan fingerprint density at radius 2 is 1.90 bits per heavy atom. The number of carbonyl (C=O) groups excluding carboxylic acids is 1. The Kier molecular flexibility index (Phi) is 7.31. The minimum atomic E-state index is -0.121. The van der Waals surface area contributed by atoms with Crippen LogP contribution in [0.2, 0.25) is 0 Å². The summed E-state index contributed by atoms with van der Waals surface area (Å²) in [4.78, 5) is 14.2. The average molecular weight is 277 g/mol. The van der Waals surface area contributed by atoms with Gasteiger partial charge in [0.1, 0.15) is 6.61 Å². The Labute approximate surface area is 122 Å². The van der Waals surface area contributed by atoms with Crippen molar-refractivity contribution in [1.82, 2.24) is 4.90 Å². The molecule has 0 aromatic heterocycles. The van der Waals surface area contributed by atoms with Gasteiger partial charge in [0.15, 0.2) is 0 Å². The number of ether oxygens (including phenoxy) is 1. The second kappa shape index (κ2) is 8.75. The highest BCUT2D eigenvalue weighted by Gasteiger charge is 2.19. The van der Waals surface area contributed by atoms with Crippen LogP contribution in [0.3, 0.4) is 0 Å². The molecule has 20 heavy (non-hydrogen) atoms. The van der Waals surface area contributed by atoms with E-state index in [9.17, 15) is 4.79 Å². The van der Waals surface area contributed by atoms with Crippen molar-refractivity contribution in [1.29, 1.82) is 0 Å². The third-order valence-corrected chi connectivity index (χ3v) is 3.65. The van der Waals surface area contributed by atoms with E-state index in [1.54, 1.807) is 0 Å². The van der Waals surface area contributed by atoms with E-state index < -0.39 is 0 Å². The molecule has 0 aliphatic carbocycles. The second-order valence-electron chi connectivity index (χ2n) is 5.57. The fraction of sp³-hybridized carbons (Fsp3) is 0.588. The van der Waals surface area contributed by atoms with E-state index in [0.717, 1.165) is 18.5 Å². The number of rotatable bonds is 8. The molecular formula is C17H27NO2. The van der Waals surface area contributed by atoms with Gasteiger partial charge in [-0.3, -0.25) is 4.79 Å². The first-order valence-electron chi connectivity index (χ1n) is 7.45. The van der Waals surface area contributed by atoms with Gasteiger partial charge in [0.25, 0.3) is 0 Å². The molecule has 3 nitrogen and oxygen atoms in total. The van der Waals surface area contributed by atoms with Gasteiger partial charge in [-0.1, -0.05) is 50.6 Å². The average Bonchev–Trinajstić information content (AvgIpc) is 2.45. The van der Waals surface area contributed by atoms with Crippen LogP contribution < -0.4 is 0 Å². The maximum absolute atomic E-state index is 12.0. The monoisotopic (exact) mass is 277 g/mol. The predicted octanol–water partition coefficient (Wildman–Crippen LogP) is 3.49. The van der Waals surface area contributed by atoms with Crippen LogP contribution in [0.25, 0.3) is 0 Å². The van der Waals surface area contributed by atoms with Gasteiger partial charge in [-0.05, 0) is 26.0 Å². The maximum atomic E-state index is 12.0. The van der Waals surface area contributed by atoms with Crippen molar-refractivity contribution in [3.05, 3.63) is 35.9 Å². The first kappa shape index (κ1) is 16.7. The van der Waals surface area contributed by atoms with E-state index in [1.165, 1.54) is 6.42 Å². The number of hydrogen-bond acceptors (Lipinski definition) is 3. The molecule has 0 saturated carbocycles. The Balaban J connectivity index is 2.35. The lowest BCUT2D eigenvalue weighted by molar-refractivity contribution is -0.150. The SMILES string of the molecule is CCCC(C)N(C)CC(C)C(=O)OCc1ccccc1. The van der Waals surface area contributed by atoms with Gasteiger partial charge in [-0.15, -0.1) is 0 Å². The minimum absolute atomic E-state index is 0.0944. The van der Waals surface area contributed by atoms with E-state index in [2.05, 4.69) is 25.8 Å². The Morgan fingerprint density at radius 1 is 1.25 bits per heavy atom. The van der Waals surface area contributed by atoms with E-state index in [4.69, 9.17) is 4.74 Å². The second-order valence-corrected chi connectivity index (χ2v) is 5.57. The van der Waals surface area contributed by atoms with Crippen LogP contribution in [0.5, 0.6) is 0 Å². The highest BCUT2D eigenvalue weighted by Crippen LogP contribution is 2.10. The molecule has 0 amide bonds. The molecule has 0 fully saturated rings. The number of nitrogens with zero attached hydrogens (tertiary/aromatic N) is 1. The molecule has 3 heteroatoms. The van der Waals surface area contributed by atoms with Crippen molar-refractivity contribution >= 4 is 5.97 Å². The lowest BCUT2D eigenvalue weighted by atomic mass is 10.1. The predicted molar refractivity (Wildman–Crippen MR) is 82.4 cm³/mol. The fourth-order valence-electron chi connectivity index (χ4n) is 2.20. The summed E-state index contributed by atoms with van der Waals surface area (Å²) in [6.07, 6.45) is 2.32. The summed E-state index contributed by atoms with van der Waals surface area (Å²) in [5.41, 5.74) is 1.03. The first-order valence-corrected chi connectivity index (χ1v) is 7.45. The summed E-state index contributed by atoms with van der Waals surface area (Å²) in [7, 11) is 2.07. The quantitative estimate of drug-likeness (QED) is 0.681. The maximum Gasteiger partial charge on any atom is 0.310 e. The molecule has 0 heterocycles. The van der Waals surface area contributed by atoms with Crippen LogP contribution in [-0.2, 0) is 16.1 Å². The van der Waals surface area contributed by atoms with Gasteiger partial charge < -0.3 is 9.64 Å². The van der Waals surface area contributed by atoms with Crippen molar-refractivity contribution in [3.8, 4) is 0 Å². The molecule has 0 radical (unpaired) electrons. The van der Waals surface area contributed by atoms with E-state index in [1.807, 2.05) is 37.3 Å². The molecule has 0 N–H and O–H groups in total. The Morgan fingerprint density at radius 3 is 2.50 bits per heavy atom. The number of esters is 1. The number of carbonyl (C=O) groups is 1. The summed E-state index contributed by atoms with van der Waals surface area (Å²) in [6, 6.07) is 10.3. The molecule has 0 aliphatic heterocycles. The lowest BCUT2D eigenvalue weighted by Crippen LogP contribution is -2.35. The summed E-state index contributed by atoms with van der Waals surface area (Å²) >= 11 is 0. The summed E-state index contributed by atoms with van der Waals surface area (Å²) < 4.78 is 5.36. The summed E-state index contributed by atoms with van der Waals surface area (Å²) in [5, 5.41) is 0. The highest BCUT2D eigenvalue weighted by atomic mass is 16.5. The zero-order valence-electron chi connectivity index (χ0n) is 13.1. The van der Waals surface area contributed by atoms with Gasteiger partial charge in [0, 0.05) is 12.6 Å². The highest BCUT2D eigenvalue weighted by molar-refractivity contribution is 5.72. The van der Waals surface area contributed by atoms with E-state index in [-0.39, 0.29) is 11.9 Å². The van der Waals surface area contributed by atoms with Crippen LogP contribution in [0.15, 0.2) is 30.3 Å². The standard InChI is InChI=1S/C17H27NO2/c1-5-9-15(3)18(4)12-14(2)17(19)20-13-16-10-7-6-8-11-16/h6-8,10-11,14-15H,5,9,12-13H2,1-4H3. The zero-order valence-corrected chi connectivity index (χ0v) is 13.1. The summed E-state index contributed by atoms with van der Waals surface area (Å²) in [5.74, 6) is -0.215. The Hall–Kier alpha value is -1.35.